The zero-order chi connectivity index (χ0) is 11.4. The third-order valence-corrected chi connectivity index (χ3v) is 2.20. The van der Waals surface area contributed by atoms with Gasteiger partial charge in [-0.2, -0.15) is 0 Å². The summed E-state index contributed by atoms with van der Waals surface area (Å²) < 4.78 is 0. The van der Waals surface area contributed by atoms with Gasteiger partial charge in [0.15, 0.2) is 0 Å². The quantitative estimate of drug-likeness (QED) is 0.819. The largest absolute Gasteiger partial charge is 0.375 e. The molecule has 0 bridgehead atoms. The number of hydrogen-bond donors (Lipinski definition) is 2. The zero-order valence-electron chi connectivity index (χ0n) is 8.75. The van der Waals surface area contributed by atoms with Crippen LogP contribution in [0, 0.1) is 0 Å². The number of anilines is 2. The number of benzene rings is 1. The highest BCUT2D eigenvalue weighted by molar-refractivity contribution is 6.34. The number of rotatable bonds is 3. The molecule has 4 nitrogen and oxygen atoms in total. The van der Waals surface area contributed by atoms with Crippen molar-refractivity contribution in [3.8, 4) is 0 Å². The molecule has 1 aromatic rings. The Kier molecular flexibility index (Phi) is 3.94. The first-order chi connectivity index (χ1) is 7.06. The molecule has 0 saturated carbocycles. The van der Waals surface area contributed by atoms with Crippen molar-refractivity contribution in [3.63, 3.8) is 0 Å². The lowest BCUT2D eigenvalue weighted by atomic mass is 10.2. The molecule has 0 aromatic heterocycles. The summed E-state index contributed by atoms with van der Waals surface area (Å²) in [4.78, 5) is 13.0. The lowest BCUT2D eigenvalue weighted by Gasteiger charge is -2.19. The summed E-state index contributed by atoms with van der Waals surface area (Å²) in [6, 6.07) is 5.34. The van der Waals surface area contributed by atoms with Gasteiger partial charge in [0.05, 0.1) is 22.9 Å². The molecule has 0 fully saturated rings. The smallest absolute Gasteiger partial charge is 0.238 e. The molecule has 0 saturated heterocycles. The van der Waals surface area contributed by atoms with Crippen LogP contribution in [-0.4, -0.2) is 26.5 Å². The molecule has 1 rings (SSSR count). The SMILES string of the molecule is CN(C)c1c(Cl)cccc1NC(=O)CN. The molecule has 0 aliphatic heterocycles. The fourth-order valence-corrected chi connectivity index (χ4v) is 1.62. The summed E-state index contributed by atoms with van der Waals surface area (Å²) in [5.74, 6) is -0.236. The molecule has 0 atom stereocenters. The van der Waals surface area contributed by atoms with Crippen molar-refractivity contribution in [2.45, 2.75) is 0 Å². The van der Waals surface area contributed by atoms with Crippen molar-refractivity contribution in [3.05, 3.63) is 23.2 Å². The van der Waals surface area contributed by atoms with E-state index in [4.69, 9.17) is 17.3 Å². The molecule has 0 radical (unpaired) electrons. The molecular formula is C10H14ClN3O. The minimum atomic E-state index is -0.236. The number of carbonyl (C=O) groups is 1. The second-order valence-corrected chi connectivity index (χ2v) is 3.69. The molecular weight excluding hydrogens is 214 g/mol. The summed E-state index contributed by atoms with van der Waals surface area (Å²) in [6.45, 7) is -0.0423. The van der Waals surface area contributed by atoms with Crippen molar-refractivity contribution >= 4 is 28.9 Å². The lowest BCUT2D eigenvalue weighted by Crippen LogP contribution is -2.23. The Hall–Kier alpha value is -1.26. The Balaban J connectivity index is 3.06. The van der Waals surface area contributed by atoms with E-state index in [0.29, 0.717) is 10.7 Å². The summed E-state index contributed by atoms with van der Waals surface area (Å²) in [6.07, 6.45) is 0. The molecule has 1 amide bonds. The van der Waals surface area contributed by atoms with Crippen LogP contribution in [0.2, 0.25) is 5.02 Å². The van der Waals surface area contributed by atoms with Crippen molar-refractivity contribution in [1.82, 2.24) is 0 Å². The molecule has 0 spiro atoms. The normalized spacial score (nSPS) is 9.87. The van der Waals surface area contributed by atoms with Crippen LogP contribution in [0.5, 0.6) is 0 Å². The zero-order valence-corrected chi connectivity index (χ0v) is 9.51. The van der Waals surface area contributed by atoms with Gasteiger partial charge >= 0.3 is 0 Å². The maximum absolute atomic E-state index is 11.2. The highest BCUT2D eigenvalue weighted by Crippen LogP contribution is 2.32. The number of halogens is 1. The fourth-order valence-electron chi connectivity index (χ4n) is 1.27. The summed E-state index contributed by atoms with van der Waals surface area (Å²) >= 11 is 6.03. The predicted octanol–water partition coefficient (Wildman–Crippen LogP) is 1.30. The summed E-state index contributed by atoms with van der Waals surface area (Å²) in [7, 11) is 3.72. The number of hydrogen-bond acceptors (Lipinski definition) is 3. The Morgan fingerprint density at radius 3 is 2.73 bits per heavy atom. The van der Waals surface area contributed by atoms with Gasteiger partial charge in [0.2, 0.25) is 5.91 Å². The fraction of sp³-hybridized carbons (Fsp3) is 0.300. The van der Waals surface area contributed by atoms with Crippen LogP contribution in [0.15, 0.2) is 18.2 Å². The minimum absolute atomic E-state index is 0.0423. The number of amides is 1. The average Bonchev–Trinajstić information content (AvgIpc) is 2.17. The van der Waals surface area contributed by atoms with Gasteiger partial charge in [-0.1, -0.05) is 17.7 Å². The lowest BCUT2D eigenvalue weighted by molar-refractivity contribution is -0.114. The number of nitrogens with two attached hydrogens (primary N) is 1. The highest BCUT2D eigenvalue weighted by atomic mass is 35.5. The van der Waals surface area contributed by atoms with Gasteiger partial charge in [-0.05, 0) is 12.1 Å². The summed E-state index contributed by atoms with van der Waals surface area (Å²) in [5, 5.41) is 3.28. The monoisotopic (exact) mass is 227 g/mol. The van der Waals surface area contributed by atoms with E-state index in [1.54, 1.807) is 18.2 Å². The number of carbonyl (C=O) groups excluding carboxylic acids is 1. The molecule has 0 heterocycles. The van der Waals surface area contributed by atoms with Crippen molar-refractivity contribution in [1.29, 1.82) is 0 Å². The van der Waals surface area contributed by atoms with Crippen molar-refractivity contribution in [2.24, 2.45) is 5.73 Å². The van der Waals surface area contributed by atoms with E-state index >= 15 is 0 Å². The first kappa shape index (κ1) is 11.8. The number of nitrogens with zero attached hydrogens (tertiary/aromatic N) is 1. The van der Waals surface area contributed by atoms with E-state index in [0.717, 1.165) is 5.69 Å². The van der Waals surface area contributed by atoms with E-state index in [1.165, 1.54) is 0 Å². The van der Waals surface area contributed by atoms with Crippen molar-refractivity contribution < 1.29 is 4.79 Å². The Bertz CT molecular complexity index is 366. The highest BCUT2D eigenvalue weighted by Gasteiger charge is 2.10. The Labute approximate surface area is 94.0 Å². The Morgan fingerprint density at radius 1 is 1.53 bits per heavy atom. The van der Waals surface area contributed by atoms with E-state index in [-0.39, 0.29) is 12.5 Å². The van der Waals surface area contributed by atoms with Gasteiger partial charge in [-0.3, -0.25) is 4.79 Å². The molecule has 15 heavy (non-hydrogen) atoms. The van der Waals surface area contributed by atoms with Crippen LogP contribution in [0.3, 0.4) is 0 Å². The standard InChI is InChI=1S/C10H14ClN3O/c1-14(2)10-7(11)4-3-5-8(10)13-9(15)6-12/h3-5H,6,12H2,1-2H3,(H,13,15). The maximum atomic E-state index is 11.2. The van der Waals surface area contributed by atoms with Crippen LogP contribution in [0.4, 0.5) is 11.4 Å². The molecule has 5 heteroatoms. The number of nitrogens with one attached hydrogen (secondary N) is 1. The number of para-hydroxylation sites is 1. The van der Waals surface area contributed by atoms with Crippen molar-refractivity contribution in [2.75, 3.05) is 30.9 Å². The second kappa shape index (κ2) is 5.00. The van der Waals surface area contributed by atoms with Crippen LogP contribution < -0.4 is 16.0 Å². The molecule has 0 aliphatic rings. The minimum Gasteiger partial charge on any atom is -0.375 e. The first-order valence-electron chi connectivity index (χ1n) is 4.52. The molecule has 0 aliphatic carbocycles. The summed E-state index contributed by atoms with van der Waals surface area (Å²) in [5.41, 5.74) is 6.67. The van der Waals surface area contributed by atoms with Crippen LogP contribution in [0.1, 0.15) is 0 Å². The van der Waals surface area contributed by atoms with E-state index in [2.05, 4.69) is 5.32 Å². The van der Waals surface area contributed by atoms with E-state index in [1.807, 2.05) is 19.0 Å². The third kappa shape index (κ3) is 2.84. The van der Waals surface area contributed by atoms with Crippen LogP contribution >= 0.6 is 11.6 Å². The van der Waals surface area contributed by atoms with Gasteiger partial charge in [0.25, 0.3) is 0 Å². The van der Waals surface area contributed by atoms with Gasteiger partial charge < -0.3 is 16.0 Å². The molecule has 3 N–H and O–H groups in total. The van der Waals surface area contributed by atoms with Gasteiger partial charge in [-0.25, -0.2) is 0 Å². The van der Waals surface area contributed by atoms with E-state index in [9.17, 15) is 4.79 Å². The predicted molar refractivity (Wildman–Crippen MR) is 63.5 cm³/mol. The molecule has 0 unspecified atom stereocenters. The van der Waals surface area contributed by atoms with Crippen LogP contribution in [-0.2, 0) is 4.79 Å². The topological polar surface area (TPSA) is 58.4 Å². The van der Waals surface area contributed by atoms with Gasteiger partial charge in [0, 0.05) is 14.1 Å². The molecule has 1 aromatic carbocycles. The van der Waals surface area contributed by atoms with Gasteiger partial charge in [0.1, 0.15) is 0 Å². The Morgan fingerprint density at radius 2 is 2.20 bits per heavy atom. The van der Waals surface area contributed by atoms with E-state index < -0.39 is 0 Å². The third-order valence-electron chi connectivity index (χ3n) is 1.89. The molecule has 82 valence electrons. The average molecular weight is 228 g/mol. The second-order valence-electron chi connectivity index (χ2n) is 3.28. The maximum Gasteiger partial charge on any atom is 0.238 e. The first-order valence-corrected chi connectivity index (χ1v) is 4.89. The van der Waals surface area contributed by atoms with Crippen LogP contribution in [0.25, 0.3) is 0 Å². The van der Waals surface area contributed by atoms with Gasteiger partial charge in [-0.15, -0.1) is 0 Å².